The Bertz CT molecular complexity index is 826. The SMILES string of the molecule is S=C1N[C@@H](c2ccccn2)[C@@H](c2cccn2C[C@@H]2CCCO2)N1C1CCCCC1. The van der Waals surface area contributed by atoms with Crippen molar-refractivity contribution in [3.63, 3.8) is 0 Å². The van der Waals surface area contributed by atoms with Crippen LogP contribution in [0.15, 0.2) is 42.7 Å². The molecule has 1 N–H and O–H groups in total. The molecule has 1 aliphatic carbocycles. The molecule has 2 saturated heterocycles. The number of nitrogens with zero attached hydrogens (tertiary/aromatic N) is 3. The fourth-order valence-corrected chi connectivity index (χ4v) is 5.69. The molecule has 5 rings (SSSR count). The number of hydrogen-bond donors (Lipinski definition) is 1. The fourth-order valence-electron chi connectivity index (χ4n) is 5.30. The van der Waals surface area contributed by atoms with Crippen molar-refractivity contribution in [2.24, 2.45) is 0 Å². The van der Waals surface area contributed by atoms with Crippen molar-refractivity contribution < 1.29 is 4.74 Å². The Kier molecular flexibility index (Phi) is 5.55. The van der Waals surface area contributed by atoms with E-state index in [0.29, 0.717) is 12.1 Å². The fraction of sp³-hybridized carbons (Fsp3) is 0.565. The summed E-state index contributed by atoms with van der Waals surface area (Å²) in [6, 6.07) is 11.3. The van der Waals surface area contributed by atoms with Gasteiger partial charge in [0.2, 0.25) is 0 Å². The molecule has 1 saturated carbocycles. The highest BCUT2D eigenvalue weighted by Crippen LogP contribution is 2.42. The van der Waals surface area contributed by atoms with Crippen molar-refractivity contribution in [3.05, 3.63) is 54.1 Å². The van der Waals surface area contributed by atoms with Gasteiger partial charge < -0.3 is 19.5 Å². The van der Waals surface area contributed by atoms with Gasteiger partial charge in [-0.1, -0.05) is 25.3 Å². The van der Waals surface area contributed by atoms with Crippen LogP contribution in [0, 0.1) is 0 Å². The lowest BCUT2D eigenvalue weighted by molar-refractivity contribution is 0.0945. The Hall–Kier alpha value is -1.92. The van der Waals surface area contributed by atoms with E-state index in [2.05, 4.69) is 50.2 Å². The number of rotatable bonds is 5. The molecule has 29 heavy (non-hydrogen) atoms. The van der Waals surface area contributed by atoms with E-state index >= 15 is 0 Å². The second-order valence-electron chi connectivity index (χ2n) is 8.55. The lowest BCUT2D eigenvalue weighted by atomic mass is 9.92. The number of ether oxygens (including phenoxy) is 1. The third kappa shape index (κ3) is 3.80. The highest BCUT2D eigenvalue weighted by molar-refractivity contribution is 7.80. The molecule has 0 unspecified atom stereocenters. The Morgan fingerprint density at radius 2 is 1.97 bits per heavy atom. The topological polar surface area (TPSA) is 42.3 Å². The minimum atomic E-state index is 0.0729. The average Bonchev–Trinajstić information content (AvgIpc) is 3.50. The summed E-state index contributed by atoms with van der Waals surface area (Å²) in [5.74, 6) is 0. The first-order chi connectivity index (χ1) is 14.3. The Morgan fingerprint density at radius 1 is 1.07 bits per heavy atom. The van der Waals surface area contributed by atoms with Gasteiger partial charge in [-0.25, -0.2) is 0 Å². The van der Waals surface area contributed by atoms with Gasteiger partial charge in [0.15, 0.2) is 5.11 Å². The van der Waals surface area contributed by atoms with Crippen molar-refractivity contribution in [1.29, 1.82) is 0 Å². The lowest BCUT2D eigenvalue weighted by Gasteiger charge is -2.37. The molecule has 6 heteroatoms. The summed E-state index contributed by atoms with van der Waals surface area (Å²) in [5, 5.41) is 4.50. The molecule has 0 spiro atoms. The third-order valence-corrected chi connectivity index (χ3v) is 7.02. The van der Waals surface area contributed by atoms with Gasteiger partial charge in [-0.05, 0) is 62.2 Å². The van der Waals surface area contributed by atoms with E-state index in [1.807, 2.05) is 12.3 Å². The molecule has 0 bridgehead atoms. The molecule has 5 nitrogen and oxygen atoms in total. The van der Waals surface area contributed by atoms with Gasteiger partial charge in [0.1, 0.15) is 0 Å². The minimum Gasteiger partial charge on any atom is -0.376 e. The lowest BCUT2D eigenvalue weighted by Crippen LogP contribution is -2.41. The molecular weight excluding hydrogens is 380 g/mol. The molecule has 2 aliphatic heterocycles. The second kappa shape index (κ2) is 8.44. The van der Waals surface area contributed by atoms with Crippen LogP contribution in [-0.4, -0.2) is 38.3 Å². The van der Waals surface area contributed by atoms with E-state index in [9.17, 15) is 0 Å². The van der Waals surface area contributed by atoms with Crippen molar-refractivity contribution in [2.75, 3.05) is 6.61 Å². The molecule has 2 aromatic heterocycles. The van der Waals surface area contributed by atoms with E-state index in [0.717, 1.165) is 30.4 Å². The second-order valence-corrected chi connectivity index (χ2v) is 8.93. The van der Waals surface area contributed by atoms with Crippen molar-refractivity contribution in [2.45, 2.75) is 75.7 Å². The van der Waals surface area contributed by atoms with Crippen molar-refractivity contribution in [1.82, 2.24) is 19.8 Å². The maximum absolute atomic E-state index is 5.93. The van der Waals surface area contributed by atoms with Crippen LogP contribution in [0.2, 0.25) is 0 Å². The smallest absolute Gasteiger partial charge is 0.170 e. The van der Waals surface area contributed by atoms with Gasteiger partial charge in [0, 0.05) is 37.3 Å². The van der Waals surface area contributed by atoms with Crippen LogP contribution in [-0.2, 0) is 11.3 Å². The molecule has 3 fully saturated rings. The number of hydrogen-bond acceptors (Lipinski definition) is 3. The van der Waals surface area contributed by atoms with E-state index in [1.54, 1.807) is 0 Å². The van der Waals surface area contributed by atoms with Gasteiger partial charge in [-0.2, -0.15) is 0 Å². The molecule has 0 aromatic carbocycles. The largest absolute Gasteiger partial charge is 0.376 e. The Balaban J connectivity index is 1.51. The van der Waals surface area contributed by atoms with Gasteiger partial charge in [0.25, 0.3) is 0 Å². The summed E-state index contributed by atoms with van der Waals surface area (Å²) in [6.07, 6.45) is 13.1. The summed E-state index contributed by atoms with van der Waals surface area (Å²) >= 11 is 5.89. The quantitative estimate of drug-likeness (QED) is 0.742. The predicted octanol–water partition coefficient (Wildman–Crippen LogP) is 4.37. The zero-order valence-corrected chi connectivity index (χ0v) is 17.7. The van der Waals surface area contributed by atoms with Crippen LogP contribution >= 0.6 is 12.2 Å². The highest BCUT2D eigenvalue weighted by atomic mass is 32.1. The van der Waals surface area contributed by atoms with Crippen LogP contribution in [0.3, 0.4) is 0 Å². The number of nitrogens with one attached hydrogen (secondary N) is 1. The van der Waals surface area contributed by atoms with E-state index in [4.69, 9.17) is 17.0 Å². The summed E-state index contributed by atoms with van der Waals surface area (Å²) < 4.78 is 8.32. The molecule has 3 atom stereocenters. The number of aromatic nitrogens is 2. The summed E-state index contributed by atoms with van der Waals surface area (Å²) in [4.78, 5) is 7.18. The molecule has 3 aliphatic rings. The van der Waals surface area contributed by atoms with Crippen molar-refractivity contribution in [3.8, 4) is 0 Å². The van der Waals surface area contributed by atoms with Gasteiger partial charge in [-0.15, -0.1) is 0 Å². The van der Waals surface area contributed by atoms with Gasteiger partial charge in [0.05, 0.1) is 23.9 Å². The van der Waals surface area contributed by atoms with E-state index < -0.39 is 0 Å². The average molecular weight is 411 g/mol. The Morgan fingerprint density at radius 3 is 2.72 bits per heavy atom. The van der Waals surface area contributed by atoms with Crippen LogP contribution in [0.25, 0.3) is 0 Å². The maximum Gasteiger partial charge on any atom is 0.170 e. The summed E-state index contributed by atoms with van der Waals surface area (Å²) in [6.45, 7) is 1.81. The number of thiocarbonyl (C=S) groups is 1. The maximum atomic E-state index is 5.93. The molecule has 0 amide bonds. The van der Waals surface area contributed by atoms with Gasteiger partial charge in [-0.3, -0.25) is 4.98 Å². The van der Waals surface area contributed by atoms with E-state index in [-0.39, 0.29) is 12.1 Å². The first-order valence-electron chi connectivity index (χ1n) is 11.1. The van der Waals surface area contributed by atoms with Gasteiger partial charge >= 0.3 is 0 Å². The number of pyridine rings is 1. The summed E-state index contributed by atoms with van der Waals surface area (Å²) in [7, 11) is 0. The summed E-state index contributed by atoms with van der Waals surface area (Å²) in [5.41, 5.74) is 2.37. The standard InChI is InChI=1S/C23H30N4OS/c29-23-25-21(19-11-4-5-13-24-19)22(27(23)17-8-2-1-3-9-17)20-12-6-14-26(20)16-18-10-7-15-28-18/h4-6,11-14,17-18,21-22H,1-3,7-10,15-16H2,(H,25,29)/t18-,21-,22+/m0/s1. The predicted molar refractivity (Wildman–Crippen MR) is 118 cm³/mol. The molecule has 154 valence electrons. The zero-order chi connectivity index (χ0) is 19.6. The first-order valence-corrected chi connectivity index (χ1v) is 11.5. The van der Waals surface area contributed by atoms with E-state index in [1.165, 1.54) is 44.2 Å². The third-order valence-electron chi connectivity index (χ3n) is 6.70. The van der Waals surface area contributed by atoms with Crippen LogP contribution in [0.1, 0.15) is 68.4 Å². The monoisotopic (exact) mass is 410 g/mol. The highest BCUT2D eigenvalue weighted by Gasteiger charge is 2.44. The molecule has 0 radical (unpaired) electrons. The molecule has 2 aromatic rings. The zero-order valence-electron chi connectivity index (χ0n) is 16.9. The Labute approximate surface area is 178 Å². The van der Waals surface area contributed by atoms with Crippen LogP contribution in [0.4, 0.5) is 0 Å². The first kappa shape index (κ1) is 19.1. The molecular formula is C23H30N4OS. The van der Waals surface area contributed by atoms with Crippen molar-refractivity contribution >= 4 is 17.3 Å². The van der Waals surface area contributed by atoms with Crippen LogP contribution in [0.5, 0.6) is 0 Å². The van der Waals surface area contributed by atoms with Crippen LogP contribution < -0.4 is 5.32 Å². The normalized spacial score (nSPS) is 28.1. The molecule has 4 heterocycles. The minimum absolute atomic E-state index is 0.0729.